The molecule has 0 bridgehead atoms. The van der Waals surface area contributed by atoms with Gasteiger partial charge in [0, 0.05) is 6.54 Å². The van der Waals surface area contributed by atoms with Crippen LogP contribution in [0.25, 0.3) is 0 Å². The molecule has 0 aromatic heterocycles. The molecule has 0 saturated carbocycles. The first kappa shape index (κ1) is 28.6. The van der Waals surface area contributed by atoms with Gasteiger partial charge in [-0.25, -0.2) is 12.8 Å². The Morgan fingerprint density at radius 3 is 2.00 bits per heavy atom. The van der Waals surface area contributed by atoms with E-state index in [9.17, 15) is 17.6 Å². The topological polar surface area (TPSA) is 84.9 Å². The van der Waals surface area contributed by atoms with Gasteiger partial charge in [0.1, 0.15) is 30.5 Å². The second-order valence-electron chi connectivity index (χ2n) is 9.09. The molecule has 0 atom stereocenters. The highest BCUT2D eigenvalue weighted by Crippen LogP contribution is 2.26. The van der Waals surface area contributed by atoms with Crippen LogP contribution in [0, 0.1) is 12.7 Å². The predicted octanol–water partition coefficient (Wildman–Crippen LogP) is 5.62. The summed E-state index contributed by atoms with van der Waals surface area (Å²) in [6.07, 6.45) is 0. The fraction of sp³-hybridized carbons (Fsp3) is 0.194. The first-order valence-electron chi connectivity index (χ1n) is 12.8. The summed E-state index contributed by atoms with van der Waals surface area (Å²) in [5.74, 6) is 0.477. The van der Waals surface area contributed by atoms with Crippen molar-refractivity contribution in [3.63, 3.8) is 0 Å². The van der Waals surface area contributed by atoms with E-state index in [1.165, 1.54) is 24.3 Å². The van der Waals surface area contributed by atoms with Gasteiger partial charge in [-0.1, -0.05) is 42.0 Å². The zero-order valence-corrected chi connectivity index (χ0v) is 23.2. The van der Waals surface area contributed by atoms with Crippen LogP contribution in [0.3, 0.4) is 0 Å². The Labute approximate surface area is 234 Å². The highest BCUT2D eigenvalue weighted by Gasteiger charge is 2.27. The molecule has 4 aromatic carbocycles. The highest BCUT2D eigenvalue weighted by atomic mass is 32.2. The van der Waals surface area contributed by atoms with E-state index in [-0.39, 0.29) is 17.3 Å². The summed E-state index contributed by atoms with van der Waals surface area (Å²) in [7, 11) is -4.02. The van der Waals surface area contributed by atoms with E-state index in [0.29, 0.717) is 30.4 Å². The molecular weight excluding hydrogens is 531 g/mol. The van der Waals surface area contributed by atoms with Crippen molar-refractivity contribution < 1.29 is 27.1 Å². The van der Waals surface area contributed by atoms with Crippen LogP contribution >= 0.6 is 0 Å². The minimum absolute atomic E-state index is 0.0935. The summed E-state index contributed by atoms with van der Waals surface area (Å²) >= 11 is 0. The largest absolute Gasteiger partial charge is 0.494 e. The quantitative estimate of drug-likeness (QED) is 0.242. The van der Waals surface area contributed by atoms with Gasteiger partial charge in [-0.2, -0.15) is 0 Å². The van der Waals surface area contributed by atoms with E-state index in [2.05, 4.69) is 5.32 Å². The SMILES string of the molecule is CCOc1ccc(N(CC(=O)NCc2ccc(OCc3ccc(F)cc3)cc2)S(=O)(=O)c2ccc(C)cc2)cc1. The van der Waals surface area contributed by atoms with Crippen LogP contribution in [0.15, 0.2) is 102 Å². The molecule has 1 N–H and O–H groups in total. The first-order chi connectivity index (χ1) is 19.2. The van der Waals surface area contributed by atoms with Crippen LogP contribution in [0.1, 0.15) is 23.6 Å². The lowest BCUT2D eigenvalue weighted by Crippen LogP contribution is -2.40. The molecule has 0 aliphatic heterocycles. The van der Waals surface area contributed by atoms with Crippen LogP contribution < -0.4 is 19.1 Å². The molecule has 208 valence electrons. The van der Waals surface area contributed by atoms with Gasteiger partial charge < -0.3 is 14.8 Å². The van der Waals surface area contributed by atoms with Crippen molar-refractivity contribution in [2.75, 3.05) is 17.5 Å². The molecule has 0 spiro atoms. The smallest absolute Gasteiger partial charge is 0.264 e. The predicted molar refractivity (Wildman–Crippen MR) is 152 cm³/mol. The van der Waals surface area contributed by atoms with E-state index < -0.39 is 22.5 Å². The van der Waals surface area contributed by atoms with Crippen molar-refractivity contribution in [3.05, 3.63) is 120 Å². The molecule has 9 heteroatoms. The Bertz CT molecular complexity index is 1510. The lowest BCUT2D eigenvalue weighted by molar-refractivity contribution is -0.119. The van der Waals surface area contributed by atoms with Crippen LogP contribution in [0.5, 0.6) is 11.5 Å². The number of nitrogens with zero attached hydrogens (tertiary/aromatic N) is 1. The Balaban J connectivity index is 1.41. The third-order valence-corrected chi connectivity index (χ3v) is 7.85. The number of amides is 1. The Kier molecular flexibility index (Phi) is 9.39. The second-order valence-corrected chi connectivity index (χ2v) is 10.9. The molecule has 0 radical (unpaired) electrons. The van der Waals surface area contributed by atoms with Gasteiger partial charge in [-0.3, -0.25) is 9.10 Å². The molecule has 4 aromatic rings. The maximum absolute atomic E-state index is 13.6. The van der Waals surface area contributed by atoms with E-state index in [0.717, 1.165) is 21.0 Å². The average molecular weight is 563 g/mol. The molecule has 0 heterocycles. The molecule has 7 nitrogen and oxygen atoms in total. The summed E-state index contributed by atoms with van der Waals surface area (Å²) in [5.41, 5.74) is 2.94. The monoisotopic (exact) mass is 562 g/mol. The lowest BCUT2D eigenvalue weighted by atomic mass is 10.2. The summed E-state index contributed by atoms with van der Waals surface area (Å²) in [4.78, 5) is 13.1. The molecule has 0 aliphatic rings. The number of ether oxygens (including phenoxy) is 2. The fourth-order valence-electron chi connectivity index (χ4n) is 3.87. The number of halogens is 1. The standard InChI is InChI=1S/C31H31FN2O5S/c1-3-38-28-16-12-27(13-17-28)34(40(36,37)30-18-4-23(2)5-19-30)21-31(35)33-20-24-8-14-29(15-9-24)39-22-25-6-10-26(32)11-7-25/h4-19H,3,20-22H2,1-2H3,(H,33,35). The normalized spacial score (nSPS) is 11.1. The summed E-state index contributed by atoms with van der Waals surface area (Å²) in [6, 6.07) is 26.4. The van der Waals surface area contributed by atoms with Crippen molar-refractivity contribution in [1.82, 2.24) is 5.32 Å². The van der Waals surface area contributed by atoms with E-state index >= 15 is 0 Å². The Morgan fingerprint density at radius 1 is 0.800 bits per heavy atom. The molecule has 0 aliphatic carbocycles. The molecule has 0 fully saturated rings. The molecule has 40 heavy (non-hydrogen) atoms. The van der Waals surface area contributed by atoms with Gasteiger partial charge in [0.2, 0.25) is 5.91 Å². The maximum atomic E-state index is 13.6. The van der Waals surface area contributed by atoms with Crippen molar-refractivity contribution in [2.45, 2.75) is 31.9 Å². The van der Waals surface area contributed by atoms with Gasteiger partial charge in [0.05, 0.1) is 17.2 Å². The molecule has 0 saturated heterocycles. The van der Waals surface area contributed by atoms with Crippen molar-refractivity contribution in [1.29, 1.82) is 0 Å². The number of carbonyl (C=O) groups is 1. The average Bonchev–Trinajstić information content (AvgIpc) is 2.96. The number of anilines is 1. The van der Waals surface area contributed by atoms with E-state index in [1.807, 2.05) is 26.0 Å². The molecular formula is C31H31FN2O5S. The minimum Gasteiger partial charge on any atom is -0.494 e. The Morgan fingerprint density at radius 2 is 1.38 bits per heavy atom. The third-order valence-electron chi connectivity index (χ3n) is 6.06. The number of hydrogen-bond acceptors (Lipinski definition) is 5. The zero-order valence-electron chi connectivity index (χ0n) is 22.3. The van der Waals surface area contributed by atoms with E-state index in [4.69, 9.17) is 9.47 Å². The number of sulfonamides is 1. The van der Waals surface area contributed by atoms with Crippen molar-refractivity contribution >= 4 is 21.6 Å². The first-order valence-corrected chi connectivity index (χ1v) is 14.2. The second kappa shape index (κ2) is 13.1. The van der Waals surface area contributed by atoms with Crippen LogP contribution in [0.4, 0.5) is 10.1 Å². The van der Waals surface area contributed by atoms with Gasteiger partial charge in [-0.15, -0.1) is 0 Å². The van der Waals surface area contributed by atoms with Crippen molar-refractivity contribution in [2.24, 2.45) is 0 Å². The highest BCUT2D eigenvalue weighted by molar-refractivity contribution is 7.92. The number of hydrogen-bond donors (Lipinski definition) is 1. The third kappa shape index (κ3) is 7.60. The molecule has 0 unspecified atom stereocenters. The molecule has 1 amide bonds. The number of aryl methyl sites for hydroxylation is 1. The lowest BCUT2D eigenvalue weighted by Gasteiger charge is -2.24. The summed E-state index contributed by atoms with van der Waals surface area (Å²) < 4.78 is 52.5. The minimum atomic E-state index is -4.02. The van der Waals surface area contributed by atoms with Crippen LogP contribution in [-0.4, -0.2) is 27.5 Å². The summed E-state index contributed by atoms with van der Waals surface area (Å²) in [6.45, 7) is 4.32. The Hall–Kier alpha value is -4.37. The van der Waals surface area contributed by atoms with Crippen molar-refractivity contribution in [3.8, 4) is 11.5 Å². The van der Waals surface area contributed by atoms with Gasteiger partial charge in [0.25, 0.3) is 10.0 Å². The number of benzene rings is 4. The van der Waals surface area contributed by atoms with Crippen LogP contribution in [0.2, 0.25) is 0 Å². The van der Waals surface area contributed by atoms with Gasteiger partial charge in [0.15, 0.2) is 0 Å². The van der Waals surface area contributed by atoms with E-state index in [1.54, 1.807) is 60.7 Å². The number of rotatable bonds is 12. The number of carbonyl (C=O) groups excluding carboxylic acids is 1. The fourth-order valence-corrected chi connectivity index (χ4v) is 5.29. The summed E-state index contributed by atoms with van der Waals surface area (Å²) in [5, 5.41) is 2.80. The van der Waals surface area contributed by atoms with Crippen LogP contribution in [-0.2, 0) is 28.0 Å². The van der Waals surface area contributed by atoms with Gasteiger partial charge >= 0.3 is 0 Å². The molecule has 4 rings (SSSR count). The van der Waals surface area contributed by atoms with Gasteiger partial charge in [-0.05, 0) is 85.6 Å². The zero-order chi connectivity index (χ0) is 28.5. The maximum Gasteiger partial charge on any atom is 0.264 e. The number of nitrogens with one attached hydrogen (secondary N) is 1.